The highest BCUT2D eigenvalue weighted by Gasteiger charge is 2.29. The maximum atomic E-state index is 10.8. The minimum Gasteiger partial charge on any atom is -0.478 e. The van der Waals surface area contributed by atoms with Crippen LogP contribution in [0.5, 0.6) is 0 Å². The Balaban J connectivity index is 2.48. The van der Waals surface area contributed by atoms with Gasteiger partial charge in [0.2, 0.25) is 0 Å². The van der Waals surface area contributed by atoms with E-state index in [4.69, 9.17) is 10.2 Å². The van der Waals surface area contributed by atoms with Crippen LogP contribution in [0.15, 0.2) is 6.20 Å². The molecule has 6 nitrogen and oxygen atoms in total. The number of carbonyl (C=O) groups is 2. The number of aromatic nitrogens is 2. The van der Waals surface area contributed by atoms with Crippen molar-refractivity contribution in [2.75, 3.05) is 0 Å². The van der Waals surface area contributed by atoms with E-state index in [9.17, 15) is 9.59 Å². The highest BCUT2D eigenvalue weighted by molar-refractivity contribution is 5.99. The fourth-order valence-electron chi connectivity index (χ4n) is 1.25. The smallest absolute Gasteiger partial charge is 0.355 e. The molecule has 1 aliphatic rings. The van der Waals surface area contributed by atoms with Gasteiger partial charge < -0.3 is 10.2 Å². The van der Waals surface area contributed by atoms with Crippen molar-refractivity contribution in [3.05, 3.63) is 23.3 Å². The van der Waals surface area contributed by atoms with Gasteiger partial charge in [-0.05, 0) is 12.8 Å². The summed E-state index contributed by atoms with van der Waals surface area (Å²) in [4.78, 5) is 29.1. The number of hydrogen-bond acceptors (Lipinski definition) is 4. The highest BCUT2D eigenvalue weighted by Crippen LogP contribution is 2.37. The average Bonchev–Trinajstić information content (AvgIpc) is 2.99. The fraction of sp³-hybridized carbons (Fsp3) is 0.333. The Morgan fingerprint density at radius 2 is 1.93 bits per heavy atom. The van der Waals surface area contributed by atoms with Crippen molar-refractivity contribution in [2.45, 2.75) is 18.8 Å². The van der Waals surface area contributed by atoms with E-state index < -0.39 is 17.6 Å². The zero-order chi connectivity index (χ0) is 11.0. The third-order valence-corrected chi connectivity index (χ3v) is 2.18. The van der Waals surface area contributed by atoms with Crippen molar-refractivity contribution in [3.8, 4) is 0 Å². The SMILES string of the molecule is O=C(O)c1cnc(C2CC2)nc1C(=O)O. The molecule has 0 radical (unpaired) electrons. The first-order valence-corrected chi connectivity index (χ1v) is 4.43. The average molecular weight is 208 g/mol. The molecule has 1 aromatic rings. The summed E-state index contributed by atoms with van der Waals surface area (Å²) in [5, 5.41) is 17.5. The predicted molar refractivity (Wildman–Crippen MR) is 47.9 cm³/mol. The molecule has 1 fully saturated rings. The van der Waals surface area contributed by atoms with Gasteiger partial charge in [0.05, 0.1) is 0 Å². The van der Waals surface area contributed by atoms with Crippen LogP contribution in [0, 0.1) is 0 Å². The normalized spacial score (nSPS) is 14.9. The van der Waals surface area contributed by atoms with Crippen LogP contribution in [0.3, 0.4) is 0 Å². The standard InChI is InChI=1S/C9H8N2O4/c12-8(13)5-3-10-7(4-1-2-4)11-6(5)9(14)15/h3-4H,1-2H2,(H,12,13)(H,14,15). The molecule has 78 valence electrons. The molecular weight excluding hydrogens is 200 g/mol. The molecule has 6 heteroatoms. The number of aromatic carboxylic acids is 2. The zero-order valence-electron chi connectivity index (χ0n) is 7.67. The van der Waals surface area contributed by atoms with Crippen molar-refractivity contribution < 1.29 is 19.8 Å². The van der Waals surface area contributed by atoms with E-state index in [0.717, 1.165) is 19.0 Å². The van der Waals surface area contributed by atoms with E-state index in [1.54, 1.807) is 0 Å². The molecule has 0 bridgehead atoms. The maximum Gasteiger partial charge on any atom is 0.355 e. The van der Waals surface area contributed by atoms with Gasteiger partial charge in [-0.1, -0.05) is 0 Å². The Morgan fingerprint density at radius 3 is 2.40 bits per heavy atom. The van der Waals surface area contributed by atoms with Crippen molar-refractivity contribution >= 4 is 11.9 Å². The molecular formula is C9H8N2O4. The third-order valence-electron chi connectivity index (χ3n) is 2.18. The summed E-state index contributed by atoms with van der Waals surface area (Å²) in [6.07, 6.45) is 2.93. The number of carboxylic acid groups (broad SMARTS) is 2. The maximum absolute atomic E-state index is 10.8. The lowest BCUT2D eigenvalue weighted by molar-refractivity contribution is 0.0645. The summed E-state index contributed by atoms with van der Waals surface area (Å²) in [5.74, 6) is -2.03. The minimum absolute atomic E-state index is 0.200. The van der Waals surface area contributed by atoms with Crippen molar-refractivity contribution in [2.24, 2.45) is 0 Å². The molecule has 15 heavy (non-hydrogen) atoms. The molecule has 2 N–H and O–H groups in total. The molecule has 0 saturated heterocycles. The molecule has 0 unspecified atom stereocenters. The first-order chi connectivity index (χ1) is 7.09. The number of nitrogens with zero attached hydrogens (tertiary/aromatic N) is 2. The van der Waals surface area contributed by atoms with Gasteiger partial charge in [0.15, 0.2) is 5.69 Å². The quantitative estimate of drug-likeness (QED) is 0.760. The summed E-state index contributed by atoms with van der Waals surface area (Å²) >= 11 is 0. The topological polar surface area (TPSA) is 100 Å². The van der Waals surface area contributed by atoms with Crippen LogP contribution in [0.1, 0.15) is 45.4 Å². The third kappa shape index (κ3) is 1.78. The zero-order valence-corrected chi connectivity index (χ0v) is 7.67. The van der Waals surface area contributed by atoms with E-state index in [1.165, 1.54) is 0 Å². The van der Waals surface area contributed by atoms with E-state index in [2.05, 4.69) is 9.97 Å². The molecule has 0 spiro atoms. The van der Waals surface area contributed by atoms with Gasteiger partial charge in [0.1, 0.15) is 11.4 Å². The second-order valence-corrected chi connectivity index (χ2v) is 3.38. The van der Waals surface area contributed by atoms with Crippen LogP contribution in [0.4, 0.5) is 0 Å². The molecule has 2 rings (SSSR count). The molecule has 1 aromatic heterocycles. The summed E-state index contributed by atoms with van der Waals surface area (Å²) in [7, 11) is 0. The summed E-state index contributed by atoms with van der Waals surface area (Å²) in [6, 6.07) is 0. The largest absolute Gasteiger partial charge is 0.478 e. The van der Waals surface area contributed by atoms with Crippen LogP contribution in [-0.2, 0) is 0 Å². The van der Waals surface area contributed by atoms with Gasteiger partial charge in [-0.15, -0.1) is 0 Å². The molecule has 0 atom stereocenters. The first-order valence-electron chi connectivity index (χ1n) is 4.43. The lowest BCUT2D eigenvalue weighted by Gasteiger charge is -2.02. The van der Waals surface area contributed by atoms with Gasteiger partial charge in [-0.25, -0.2) is 19.6 Å². The molecule has 1 aliphatic carbocycles. The Morgan fingerprint density at radius 1 is 1.27 bits per heavy atom. The lowest BCUT2D eigenvalue weighted by atomic mass is 10.2. The van der Waals surface area contributed by atoms with Crippen LogP contribution in [0.25, 0.3) is 0 Å². The minimum atomic E-state index is -1.34. The van der Waals surface area contributed by atoms with Crippen LogP contribution < -0.4 is 0 Å². The van der Waals surface area contributed by atoms with Crippen molar-refractivity contribution in [3.63, 3.8) is 0 Å². The van der Waals surface area contributed by atoms with Crippen LogP contribution >= 0.6 is 0 Å². The summed E-state index contributed by atoms with van der Waals surface area (Å²) in [5.41, 5.74) is -0.800. The predicted octanol–water partition coefficient (Wildman–Crippen LogP) is 0.750. The second kappa shape index (κ2) is 3.30. The van der Waals surface area contributed by atoms with Gasteiger partial charge in [0, 0.05) is 12.1 Å². The monoisotopic (exact) mass is 208 g/mol. The Kier molecular flexibility index (Phi) is 2.11. The van der Waals surface area contributed by atoms with E-state index in [1.807, 2.05) is 0 Å². The fourth-order valence-corrected chi connectivity index (χ4v) is 1.25. The number of hydrogen-bond donors (Lipinski definition) is 2. The van der Waals surface area contributed by atoms with Gasteiger partial charge >= 0.3 is 11.9 Å². The highest BCUT2D eigenvalue weighted by atomic mass is 16.4. The van der Waals surface area contributed by atoms with Crippen LogP contribution in [-0.4, -0.2) is 32.1 Å². The molecule has 0 aliphatic heterocycles. The molecule has 1 heterocycles. The first kappa shape index (κ1) is 9.57. The summed E-state index contributed by atoms with van der Waals surface area (Å²) in [6.45, 7) is 0. The van der Waals surface area contributed by atoms with E-state index in [0.29, 0.717) is 5.82 Å². The Bertz CT molecular complexity index is 440. The summed E-state index contributed by atoms with van der Waals surface area (Å²) < 4.78 is 0. The van der Waals surface area contributed by atoms with Gasteiger partial charge in [-0.3, -0.25) is 0 Å². The number of rotatable bonds is 3. The second-order valence-electron chi connectivity index (χ2n) is 3.38. The van der Waals surface area contributed by atoms with E-state index >= 15 is 0 Å². The molecule has 0 aromatic carbocycles. The van der Waals surface area contributed by atoms with E-state index in [-0.39, 0.29) is 11.5 Å². The van der Waals surface area contributed by atoms with Crippen LogP contribution in [0.2, 0.25) is 0 Å². The van der Waals surface area contributed by atoms with Gasteiger partial charge in [-0.2, -0.15) is 0 Å². The molecule has 0 amide bonds. The lowest BCUT2D eigenvalue weighted by Crippen LogP contribution is -2.13. The molecule has 1 saturated carbocycles. The van der Waals surface area contributed by atoms with Crippen molar-refractivity contribution in [1.29, 1.82) is 0 Å². The Hall–Kier alpha value is -1.98. The van der Waals surface area contributed by atoms with Gasteiger partial charge in [0.25, 0.3) is 0 Å². The number of carboxylic acids is 2. The van der Waals surface area contributed by atoms with Crippen molar-refractivity contribution in [1.82, 2.24) is 9.97 Å². The Labute approximate surface area is 84.6 Å².